The minimum atomic E-state index is -0.816. The van der Waals surface area contributed by atoms with Crippen molar-refractivity contribution in [1.82, 2.24) is 14.7 Å². The number of carboxylic acids is 1. The van der Waals surface area contributed by atoms with Crippen molar-refractivity contribution in [3.63, 3.8) is 0 Å². The van der Waals surface area contributed by atoms with Crippen LogP contribution < -0.4 is 0 Å². The summed E-state index contributed by atoms with van der Waals surface area (Å²) in [4.78, 5) is 28.1. The number of carbonyl (C=O) groups is 2. The first-order valence-corrected chi connectivity index (χ1v) is 5.74. The Morgan fingerprint density at radius 1 is 1.53 bits per heavy atom. The number of nitrogens with zero attached hydrogens (tertiary/aromatic N) is 3. The van der Waals surface area contributed by atoms with Crippen LogP contribution >= 0.6 is 0 Å². The molecule has 1 N–H and O–H groups in total. The number of piperazine rings is 1. The summed E-state index contributed by atoms with van der Waals surface area (Å²) in [7, 11) is 5.71. The number of hydrogen-bond donors (Lipinski definition) is 1. The van der Waals surface area contributed by atoms with E-state index in [0.717, 1.165) is 6.54 Å². The molecular formula is C11H21N3O3. The van der Waals surface area contributed by atoms with Gasteiger partial charge >= 0.3 is 5.97 Å². The number of carbonyl (C=O) groups excluding carboxylic acids is 1. The number of hydrogen-bond acceptors (Lipinski definition) is 4. The molecule has 1 rings (SSSR count). The molecule has 1 heterocycles. The van der Waals surface area contributed by atoms with Crippen LogP contribution in [0.5, 0.6) is 0 Å². The average Bonchev–Trinajstić information content (AvgIpc) is 2.19. The second-order valence-corrected chi connectivity index (χ2v) is 4.81. The molecule has 1 unspecified atom stereocenters. The molecule has 0 aliphatic carbocycles. The van der Waals surface area contributed by atoms with Crippen LogP contribution in [0, 0.1) is 0 Å². The highest BCUT2D eigenvalue weighted by Gasteiger charge is 2.30. The lowest BCUT2D eigenvalue weighted by atomic mass is 10.1. The molecule has 6 nitrogen and oxygen atoms in total. The Labute approximate surface area is 102 Å². The summed E-state index contributed by atoms with van der Waals surface area (Å²) in [5.41, 5.74) is 0. The third-order valence-corrected chi connectivity index (χ3v) is 3.02. The lowest BCUT2D eigenvalue weighted by Crippen LogP contribution is -2.56. The SMILES string of the molecule is CN(C)CCN1CC(CC(=O)O)N(C)CC1=O. The van der Waals surface area contributed by atoms with E-state index in [4.69, 9.17) is 5.11 Å². The van der Waals surface area contributed by atoms with E-state index in [1.54, 1.807) is 11.9 Å². The lowest BCUT2D eigenvalue weighted by Gasteiger charge is -2.38. The largest absolute Gasteiger partial charge is 0.481 e. The highest BCUT2D eigenvalue weighted by Crippen LogP contribution is 2.11. The van der Waals surface area contributed by atoms with Crippen molar-refractivity contribution < 1.29 is 14.7 Å². The maximum absolute atomic E-state index is 11.8. The van der Waals surface area contributed by atoms with Gasteiger partial charge in [0.2, 0.25) is 5.91 Å². The zero-order valence-corrected chi connectivity index (χ0v) is 10.7. The van der Waals surface area contributed by atoms with Crippen molar-refractivity contribution in [2.24, 2.45) is 0 Å². The summed E-state index contributed by atoms with van der Waals surface area (Å²) in [5.74, 6) is -0.736. The first kappa shape index (κ1) is 13.9. The van der Waals surface area contributed by atoms with E-state index in [-0.39, 0.29) is 18.4 Å². The molecule has 0 aromatic carbocycles. The quantitative estimate of drug-likeness (QED) is 0.682. The monoisotopic (exact) mass is 243 g/mol. The third-order valence-electron chi connectivity index (χ3n) is 3.02. The van der Waals surface area contributed by atoms with Gasteiger partial charge in [0.25, 0.3) is 0 Å². The molecule has 1 amide bonds. The Bertz CT molecular complexity index is 294. The Morgan fingerprint density at radius 2 is 2.18 bits per heavy atom. The van der Waals surface area contributed by atoms with Crippen molar-refractivity contribution in [3.05, 3.63) is 0 Å². The summed E-state index contributed by atoms with van der Waals surface area (Å²) in [6, 6.07) is -0.0765. The summed E-state index contributed by atoms with van der Waals surface area (Å²) >= 11 is 0. The Morgan fingerprint density at radius 3 is 2.71 bits per heavy atom. The van der Waals surface area contributed by atoms with Gasteiger partial charge in [0.15, 0.2) is 0 Å². The zero-order chi connectivity index (χ0) is 13.0. The van der Waals surface area contributed by atoms with Crippen LogP contribution in [0.4, 0.5) is 0 Å². The zero-order valence-electron chi connectivity index (χ0n) is 10.7. The Balaban J connectivity index is 2.54. The van der Waals surface area contributed by atoms with Crippen molar-refractivity contribution in [2.75, 3.05) is 47.3 Å². The average molecular weight is 243 g/mol. The molecule has 1 aliphatic heterocycles. The Hall–Kier alpha value is -1.14. The molecule has 0 aromatic heterocycles. The van der Waals surface area contributed by atoms with Gasteiger partial charge in [-0.3, -0.25) is 14.5 Å². The molecule has 1 atom stereocenters. The van der Waals surface area contributed by atoms with Gasteiger partial charge in [-0.25, -0.2) is 0 Å². The maximum Gasteiger partial charge on any atom is 0.305 e. The van der Waals surface area contributed by atoms with Crippen molar-refractivity contribution >= 4 is 11.9 Å². The highest BCUT2D eigenvalue weighted by molar-refractivity contribution is 5.79. The van der Waals surface area contributed by atoms with Crippen LogP contribution in [0.2, 0.25) is 0 Å². The molecule has 98 valence electrons. The van der Waals surface area contributed by atoms with Gasteiger partial charge in [-0.05, 0) is 21.1 Å². The number of aliphatic carboxylic acids is 1. The number of carboxylic acid groups (broad SMARTS) is 1. The van der Waals surface area contributed by atoms with E-state index in [9.17, 15) is 9.59 Å². The van der Waals surface area contributed by atoms with E-state index >= 15 is 0 Å². The fourth-order valence-electron chi connectivity index (χ4n) is 1.90. The number of likely N-dealkylation sites (N-methyl/N-ethyl adjacent to an activating group) is 2. The van der Waals surface area contributed by atoms with Crippen LogP contribution in [0.1, 0.15) is 6.42 Å². The second kappa shape index (κ2) is 5.97. The molecule has 6 heteroatoms. The minimum Gasteiger partial charge on any atom is -0.481 e. The normalized spacial score (nSPS) is 22.2. The van der Waals surface area contributed by atoms with E-state index in [1.165, 1.54) is 0 Å². The van der Waals surface area contributed by atoms with E-state index in [0.29, 0.717) is 19.6 Å². The topological polar surface area (TPSA) is 64.1 Å². The van der Waals surface area contributed by atoms with E-state index in [2.05, 4.69) is 0 Å². The van der Waals surface area contributed by atoms with Gasteiger partial charge in [-0.1, -0.05) is 0 Å². The van der Waals surface area contributed by atoms with E-state index in [1.807, 2.05) is 23.9 Å². The van der Waals surface area contributed by atoms with Gasteiger partial charge in [0, 0.05) is 25.7 Å². The molecule has 1 aliphatic rings. The van der Waals surface area contributed by atoms with Crippen LogP contribution in [-0.2, 0) is 9.59 Å². The predicted octanol–water partition coefficient (Wildman–Crippen LogP) is -0.835. The first-order valence-electron chi connectivity index (χ1n) is 5.74. The second-order valence-electron chi connectivity index (χ2n) is 4.81. The van der Waals surface area contributed by atoms with Crippen molar-refractivity contribution in [1.29, 1.82) is 0 Å². The summed E-state index contributed by atoms with van der Waals surface area (Å²) < 4.78 is 0. The molecular weight excluding hydrogens is 222 g/mol. The van der Waals surface area contributed by atoms with Crippen molar-refractivity contribution in [3.8, 4) is 0 Å². The van der Waals surface area contributed by atoms with Crippen molar-refractivity contribution in [2.45, 2.75) is 12.5 Å². The fourth-order valence-corrected chi connectivity index (χ4v) is 1.90. The first-order chi connectivity index (χ1) is 7.90. The molecule has 1 fully saturated rings. The van der Waals surface area contributed by atoms with E-state index < -0.39 is 5.97 Å². The van der Waals surface area contributed by atoms with Crippen LogP contribution in [0.25, 0.3) is 0 Å². The molecule has 0 saturated carbocycles. The van der Waals surface area contributed by atoms with Gasteiger partial charge in [0.1, 0.15) is 0 Å². The summed E-state index contributed by atoms with van der Waals surface area (Å²) in [6.45, 7) is 2.28. The number of amides is 1. The lowest BCUT2D eigenvalue weighted by molar-refractivity contribution is -0.144. The standard InChI is InChI=1S/C11H21N3O3/c1-12(2)4-5-14-7-9(6-11(16)17)13(3)8-10(14)15/h9H,4-8H2,1-3H3,(H,16,17). The molecule has 1 saturated heterocycles. The van der Waals surface area contributed by atoms with Gasteiger partial charge in [-0.15, -0.1) is 0 Å². The predicted molar refractivity (Wildman–Crippen MR) is 63.8 cm³/mol. The van der Waals surface area contributed by atoms with Gasteiger partial charge in [0.05, 0.1) is 13.0 Å². The van der Waals surface area contributed by atoms with Gasteiger partial charge < -0.3 is 14.9 Å². The molecule has 0 bridgehead atoms. The maximum atomic E-state index is 11.8. The molecule has 0 spiro atoms. The van der Waals surface area contributed by atoms with Crippen LogP contribution in [-0.4, -0.2) is 85.0 Å². The highest BCUT2D eigenvalue weighted by atomic mass is 16.4. The summed E-state index contributed by atoms with van der Waals surface area (Å²) in [5, 5.41) is 8.82. The molecule has 0 aromatic rings. The van der Waals surface area contributed by atoms with Crippen LogP contribution in [0.15, 0.2) is 0 Å². The molecule has 17 heavy (non-hydrogen) atoms. The third kappa shape index (κ3) is 4.32. The smallest absolute Gasteiger partial charge is 0.305 e. The Kier molecular flexibility index (Phi) is 4.89. The number of rotatable bonds is 5. The van der Waals surface area contributed by atoms with Crippen LogP contribution in [0.3, 0.4) is 0 Å². The van der Waals surface area contributed by atoms with Gasteiger partial charge in [-0.2, -0.15) is 0 Å². The summed E-state index contributed by atoms with van der Waals surface area (Å²) in [6.07, 6.45) is 0.0856. The minimum absolute atomic E-state index is 0.0765. The fraction of sp³-hybridized carbons (Fsp3) is 0.818. The molecule has 0 radical (unpaired) electrons.